The summed E-state index contributed by atoms with van der Waals surface area (Å²) < 4.78 is 0. The van der Waals surface area contributed by atoms with Gasteiger partial charge in [0.1, 0.15) is 0 Å². The van der Waals surface area contributed by atoms with Crippen LogP contribution in [0.3, 0.4) is 0 Å². The number of hydroxylamine groups is 1. The van der Waals surface area contributed by atoms with Crippen molar-refractivity contribution in [1.82, 2.24) is 16.1 Å². The highest BCUT2D eigenvalue weighted by Gasteiger charge is 2.42. The molecule has 0 aromatic carbocycles. The summed E-state index contributed by atoms with van der Waals surface area (Å²) in [6.07, 6.45) is 3.05. The molecule has 2 saturated heterocycles. The monoisotopic (exact) mass is 259 g/mol. The third-order valence-electron chi connectivity index (χ3n) is 3.21. The lowest BCUT2D eigenvalue weighted by atomic mass is 10.0. The van der Waals surface area contributed by atoms with Gasteiger partial charge in [0.2, 0.25) is 5.91 Å². The maximum Gasteiger partial charge on any atom is 0.315 e. The van der Waals surface area contributed by atoms with Gasteiger partial charge in [-0.3, -0.25) is 10.0 Å². The average Bonchev–Trinajstić information content (AvgIpc) is 2.84. The third-order valence-corrected chi connectivity index (χ3v) is 4.71. The number of amides is 3. The summed E-state index contributed by atoms with van der Waals surface area (Å²) in [5.41, 5.74) is 1.63. The predicted octanol–water partition coefficient (Wildman–Crippen LogP) is 0.218. The van der Waals surface area contributed by atoms with Gasteiger partial charge in [0, 0.05) is 17.4 Å². The number of hydrogen-bond acceptors (Lipinski definition) is 4. The van der Waals surface area contributed by atoms with Crippen molar-refractivity contribution >= 4 is 23.7 Å². The molecule has 2 rings (SSSR count). The Bertz CT molecular complexity index is 313. The summed E-state index contributed by atoms with van der Waals surface area (Å²) in [6.45, 7) is 0. The number of carbonyl (C=O) groups is 2. The van der Waals surface area contributed by atoms with Crippen LogP contribution in [0.15, 0.2) is 0 Å². The second kappa shape index (κ2) is 5.59. The molecule has 0 bridgehead atoms. The van der Waals surface area contributed by atoms with E-state index in [1.165, 1.54) is 0 Å². The molecule has 3 atom stereocenters. The lowest BCUT2D eigenvalue weighted by Crippen LogP contribution is -2.36. The Morgan fingerprint density at radius 3 is 3.06 bits per heavy atom. The summed E-state index contributed by atoms with van der Waals surface area (Å²) in [7, 11) is 0. The van der Waals surface area contributed by atoms with Crippen molar-refractivity contribution in [1.29, 1.82) is 0 Å². The highest BCUT2D eigenvalue weighted by Crippen LogP contribution is 2.33. The molecule has 0 aliphatic carbocycles. The molecule has 0 spiro atoms. The molecule has 0 saturated carbocycles. The van der Waals surface area contributed by atoms with E-state index in [0.717, 1.165) is 25.0 Å². The topological polar surface area (TPSA) is 90.5 Å². The molecule has 0 aromatic rings. The largest absolute Gasteiger partial charge is 0.332 e. The van der Waals surface area contributed by atoms with Crippen LogP contribution in [0.2, 0.25) is 0 Å². The van der Waals surface area contributed by atoms with Crippen LogP contribution in [0.25, 0.3) is 0 Å². The highest BCUT2D eigenvalue weighted by molar-refractivity contribution is 8.00. The second-order valence-corrected chi connectivity index (χ2v) is 5.67. The van der Waals surface area contributed by atoms with Gasteiger partial charge in [0.25, 0.3) is 0 Å². The quantitative estimate of drug-likeness (QED) is 0.246. The molecule has 2 fully saturated rings. The van der Waals surface area contributed by atoms with Gasteiger partial charge < -0.3 is 10.6 Å². The fraction of sp³-hybridized carbons (Fsp3) is 0.800. The number of urea groups is 1. The summed E-state index contributed by atoms with van der Waals surface area (Å²) in [5, 5.41) is 14.6. The summed E-state index contributed by atoms with van der Waals surface area (Å²) >= 11 is 1.87. The van der Waals surface area contributed by atoms with Crippen LogP contribution < -0.4 is 16.1 Å². The van der Waals surface area contributed by atoms with E-state index in [0.29, 0.717) is 11.7 Å². The molecule has 2 aliphatic rings. The van der Waals surface area contributed by atoms with E-state index < -0.39 is 0 Å². The van der Waals surface area contributed by atoms with Crippen LogP contribution in [0.5, 0.6) is 0 Å². The molecule has 2 heterocycles. The van der Waals surface area contributed by atoms with Gasteiger partial charge in [0.05, 0.1) is 12.1 Å². The van der Waals surface area contributed by atoms with Crippen LogP contribution >= 0.6 is 11.8 Å². The van der Waals surface area contributed by atoms with Gasteiger partial charge in [-0.1, -0.05) is 6.42 Å². The molecule has 0 aromatic heterocycles. The van der Waals surface area contributed by atoms with Gasteiger partial charge in [-0.05, 0) is 12.8 Å². The molecular formula is C10H17N3O3S. The number of hydrogen-bond donors (Lipinski definition) is 4. The maximum atomic E-state index is 11.1. The first-order valence-electron chi connectivity index (χ1n) is 5.82. The highest BCUT2D eigenvalue weighted by atomic mass is 32.2. The molecule has 17 heavy (non-hydrogen) atoms. The van der Waals surface area contributed by atoms with Crippen molar-refractivity contribution in [3.05, 3.63) is 0 Å². The number of unbranched alkanes of at least 4 members (excludes halogenated alkanes) is 1. The summed E-state index contributed by atoms with van der Waals surface area (Å²) in [4.78, 5) is 21.9. The van der Waals surface area contributed by atoms with Crippen molar-refractivity contribution < 1.29 is 14.8 Å². The number of rotatable bonds is 5. The third kappa shape index (κ3) is 3.04. The minimum absolute atomic E-state index is 0.0649. The Balaban J connectivity index is 1.66. The SMILES string of the molecule is O=C(CCCCC1SC[C@@H]2NC(=O)N[C@H]12)NO. The lowest BCUT2D eigenvalue weighted by molar-refractivity contribution is -0.129. The van der Waals surface area contributed by atoms with E-state index >= 15 is 0 Å². The number of nitrogens with one attached hydrogen (secondary N) is 3. The van der Waals surface area contributed by atoms with E-state index in [-0.39, 0.29) is 24.0 Å². The maximum absolute atomic E-state index is 11.1. The van der Waals surface area contributed by atoms with Crippen molar-refractivity contribution in [2.24, 2.45) is 0 Å². The van der Waals surface area contributed by atoms with Gasteiger partial charge >= 0.3 is 6.03 Å². The zero-order valence-corrected chi connectivity index (χ0v) is 10.3. The van der Waals surface area contributed by atoms with E-state index in [2.05, 4.69) is 10.6 Å². The standard InChI is InChI=1S/C10H17N3O3S/c14-8(13-16)4-2-1-3-7-9-6(5-17-7)11-10(15)12-9/h6-7,9,16H,1-5H2,(H,13,14)(H2,11,12,15)/t6-,7?,9-/m0/s1. The van der Waals surface area contributed by atoms with Crippen LogP contribution in [0, 0.1) is 0 Å². The normalized spacial score (nSPS) is 30.6. The first kappa shape index (κ1) is 12.5. The fourth-order valence-electron chi connectivity index (χ4n) is 2.33. The molecule has 4 N–H and O–H groups in total. The zero-order valence-electron chi connectivity index (χ0n) is 9.44. The van der Waals surface area contributed by atoms with Crippen molar-refractivity contribution in [2.75, 3.05) is 5.75 Å². The Morgan fingerprint density at radius 2 is 2.29 bits per heavy atom. The van der Waals surface area contributed by atoms with Crippen LogP contribution in [0.4, 0.5) is 4.79 Å². The molecular weight excluding hydrogens is 242 g/mol. The van der Waals surface area contributed by atoms with Crippen molar-refractivity contribution in [3.63, 3.8) is 0 Å². The molecule has 96 valence electrons. The Morgan fingerprint density at radius 1 is 1.47 bits per heavy atom. The van der Waals surface area contributed by atoms with E-state index in [1.54, 1.807) is 5.48 Å². The number of carbonyl (C=O) groups excluding carboxylic acids is 2. The molecule has 2 aliphatic heterocycles. The van der Waals surface area contributed by atoms with Crippen LogP contribution in [0.1, 0.15) is 25.7 Å². The molecule has 7 heteroatoms. The Labute approximate surface area is 104 Å². The zero-order chi connectivity index (χ0) is 12.3. The Hall–Kier alpha value is -0.950. The molecule has 0 radical (unpaired) electrons. The van der Waals surface area contributed by atoms with Crippen molar-refractivity contribution in [3.8, 4) is 0 Å². The molecule has 3 amide bonds. The smallest absolute Gasteiger partial charge is 0.315 e. The van der Waals surface area contributed by atoms with Gasteiger partial charge in [-0.25, -0.2) is 10.3 Å². The summed E-state index contributed by atoms with van der Waals surface area (Å²) in [5.74, 6) is 0.628. The van der Waals surface area contributed by atoms with Gasteiger partial charge in [0.15, 0.2) is 0 Å². The van der Waals surface area contributed by atoms with Gasteiger partial charge in [-0.15, -0.1) is 0 Å². The minimum Gasteiger partial charge on any atom is -0.332 e. The van der Waals surface area contributed by atoms with Gasteiger partial charge in [-0.2, -0.15) is 11.8 Å². The fourth-order valence-corrected chi connectivity index (χ4v) is 3.87. The van der Waals surface area contributed by atoms with E-state index in [9.17, 15) is 9.59 Å². The number of thioether (sulfide) groups is 1. The van der Waals surface area contributed by atoms with Crippen molar-refractivity contribution in [2.45, 2.75) is 43.0 Å². The average molecular weight is 259 g/mol. The summed E-state index contributed by atoms with van der Waals surface area (Å²) in [6, 6.07) is 0.433. The Kier molecular flexibility index (Phi) is 4.11. The molecule has 1 unspecified atom stereocenters. The first-order valence-corrected chi connectivity index (χ1v) is 6.87. The molecule has 6 nitrogen and oxygen atoms in total. The first-order chi connectivity index (χ1) is 8.20. The lowest BCUT2D eigenvalue weighted by Gasteiger charge is -2.16. The number of fused-ring (bicyclic) bond motifs is 1. The predicted molar refractivity (Wildman–Crippen MR) is 63.9 cm³/mol. The van der Waals surface area contributed by atoms with E-state index in [1.807, 2.05) is 11.8 Å². The van der Waals surface area contributed by atoms with E-state index in [4.69, 9.17) is 5.21 Å². The van der Waals surface area contributed by atoms with Crippen LogP contribution in [-0.2, 0) is 4.79 Å². The second-order valence-electron chi connectivity index (χ2n) is 4.40. The minimum atomic E-state index is -0.335. The van der Waals surface area contributed by atoms with Crippen LogP contribution in [-0.4, -0.2) is 40.2 Å².